The van der Waals surface area contributed by atoms with Gasteiger partial charge in [0.05, 0.1) is 0 Å². The highest BCUT2D eigenvalue weighted by Gasteiger charge is 2.39. The Bertz CT molecular complexity index is 997. The SMILES string of the molecule is Cc1ccc(C(=O)Nc2ccc3c(c2)CN(C2CCC(=O)NC2=O)C3=O)cc1. The molecule has 2 aliphatic rings. The van der Waals surface area contributed by atoms with Crippen LogP contribution in [0.1, 0.15) is 44.7 Å². The molecule has 2 aromatic carbocycles. The third-order valence-electron chi connectivity index (χ3n) is 5.10. The molecule has 2 aromatic rings. The van der Waals surface area contributed by atoms with E-state index in [9.17, 15) is 19.2 Å². The van der Waals surface area contributed by atoms with Gasteiger partial charge in [-0.05, 0) is 49.2 Å². The van der Waals surface area contributed by atoms with E-state index >= 15 is 0 Å². The van der Waals surface area contributed by atoms with Crippen LogP contribution in [0.3, 0.4) is 0 Å². The van der Waals surface area contributed by atoms with Crippen LogP contribution in [0.25, 0.3) is 0 Å². The lowest BCUT2D eigenvalue weighted by atomic mass is 10.0. The number of fused-ring (bicyclic) bond motifs is 1. The van der Waals surface area contributed by atoms with Crippen molar-refractivity contribution in [3.8, 4) is 0 Å². The number of imide groups is 1. The summed E-state index contributed by atoms with van der Waals surface area (Å²) in [6.45, 7) is 2.22. The average Bonchev–Trinajstić information content (AvgIpc) is 2.98. The van der Waals surface area contributed by atoms with E-state index in [1.807, 2.05) is 19.1 Å². The van der Waals surface area contributed by atoms with E-state index in [2.05, 4.69) is 10.6 Å². The van der Waals surface area contributed by atoms with Crippen LogP contribution in [-0.2, 0) is 16.1 Å². The van der Waals surface area contributed by atoms with Gasteiger partial charge < -0.3 is 10.2 Å². The zero-order valence-electron chi connectivity index (χ0n) is 15.3. The van der Waals surface area contributed by atoms with Crippen LogP contribution in [0.15, 0.2) is 42.5 Å². The molecule has 2 aliphatic heterocycles. The summed E-state index contributed by atoms with van der Waals surface area (Å²) in [5, 5.41) is 5.12. The van der Waals surface area contributed by atoms with Crippen molar-refractivity contribution < 1.29 is 19.2 Å². The quantitative estimate of drug-likeness (QED) is 0.800. The highest BCUT2D eigenvalue weighted by Crippen LogP contribution is 2.29. The molecule has 4 rings (SSSR count). The number of rotatable bonds is 3. The van der Waals surface area contributed by atoms with Crippen molar-refractivity contribution in [2.24, 2.45) is 0 Å². The Morgan fingerprint density at radius 1 is 1.11 bits per heavy atom. The molecule has 0 radical (unpaired) electrons. The fourth-order valence-electron chi connectivity index (χ4n) is 3.56. The topological polar surface area (TPSA) is 95.6 Å². The number of piperidine rings is 1. The fourth-order valence-corrected chi connectivity index (χ4v) is 3.56. The van der Waals surface area contributed by atoms with Crippen molar-refractivity contribution in [2.45, 2.75) is 32.4 Å². The Hall–Kier alpha value is -3.48. The molecule has 1 unspecified atom stereocenters. The summed E-state index contributed by atoms with van der Waals surface area (Å²) in [5.74, 6) is -1.22. The number of hydrogen-bond acceptors (Lipinski definition) is 4. The second kappa shape index (κ2) is 6.92. The molecule has 2 heterocycles. The summed E-state index contributed by atoms with van der Waals surface area (Å²) in [4.78, 5) is 50.0. The Morgan fingerprint density at radius 2 is 1.86 bits per heavy atom. The maximum Gasteiger partial charge on any atom is 0.255 e. The number of nitrogens with one attached hydrogen (secondary N) is 2. The third kappa shape index (κ3) is 3.26. The van der Waals surface area contributed by atoms with Crippen molar-refractivity contribution in [1.29, 1.82) is 0 Å². The Balaban J connectivity index is 1.51. The molecule has 0 bridgehead atoms. The van der Waals surface area contributed by atoms with Crippen molar-refractivity contribution >= 4 is 29.3 Å². The van der Waals surface area contributed by atoms with Crippen molar-refractivity contribution in [3.05, 3.63) is 64.7 Å². The Kier molecular flexibility index (Phi) is 4.43. The lowest BCUT2D eigenvalue weighted by molar-refractivity contribution is -0.136. The number of carbonyl (C=O) groups is 4. The number of anilines is 1. The summed E-state index contributed by atoms with van der Waals surface area (Å²) in [6.07, 6.45) is 0.538. The van der Waals surface area contributed by atoms with Gasteiger partial charge in [-0.15, -0.1) is 0 Å². The molecule has 0 saturated carbocycles. The number of nitrogens with zero attached hydrogens (tertiary/aromatic N) is 1. The summed E-state index contributed by atoms with van der Waals surface area (Å²) in [6, 6.07) is 11.7. The summed E-state index contributed by atoms with van der Waals surface area (Å²) in [5.41, 5.74) is 3.46. The van der Waals surface area contributed by atoms with E-state index in [4.69, 9.17) is 0 Å². The van der Waals surface area contributed by atoms with E-state index in [0.717, 1.165) is 11.1 Å². The monoisotopic (exact) mass is 377 g/mol. The van der Waals surface area contributed by atoms with Crippen LogP contribution in [0.4, 0.5) is 5.69 Å². The summed E-state index contributed by atoms with van der Waals surface area (Å²) < 4.78 is 0. The zero-order chi connectivity index (χ0) is 19.8. The molecule has 1 saturated heterocycles. The summed E-state index contributed by atoms with van der Waals surface area (Å²) in [7, 11) is 0. The number of benzene rings is 2. The van der Waals surface area contributed by atoms with E-state index in [1.54, 1.807) is 30.3 Å². The van der Waals surface area contributed by atoms with Gasteiger partial charge in [0.1, 0.15) is 6.04 Å². The van der Waals surface area contributed by atoms with Crippen LogP contribution in [0.5, 0.6) is 0 Å². The minimum Gasteiger partial charge on any atom is -0.322 e. The molecule has 0 aliphatic carbocycles. The second-order valence-electron chi connectivity index (χ2n) is 7.09. The molecule has 7 heteroatoms. The molecule has 0 aromatic heterocycles. The van der Waals surface area contributed by atoms with Crippen LogP contribution in [0, 0.1) is 6.92 Å². The van der Waals surface area contributed by atoms with Gasteiger partial charge in [-0.3, -0.25) is 24.5 Å². The first-order valence-electron chi connectivity index (χ1n) is 9.08. The Labute approximate surface area is 161 Å². The predicted octanol–water partition coefficient (Wildman–Crippen LogP) is 2.01. The van der Waals surface area contributed by atoms with Crippen LogP contribution < -0.4 is 10.6 Å². The normalized spacial score (nSPS) is 18.7. The van der Waals surface area contributed by atoms with Gasteiger partial charge in [0.2, 0.25) is 11.8 Å². The lowest BCUT2D eigenvalue weighted by Crippen LogP contribution is -2.52. The smallest absolute Gasteiger partial charge is 0.255 e. The van der Waals surface area contributed by atoms with Gasteiger partial charge in [-0.1, -0.05) is 17.7 Å². The molecule has 28 heavy (non-hydrogen) atoms. The maximum absolute atomic E-state index is 12.7. The number of aryl methyl sites for hydroxylation is 1. The Morgan fingerprint density at radius 3 is 2.57 bits per heavy atom. The molecule has 4 amide bonds. The number of hydrogen-bond donors (Lipinski definition) is 2. The first-order chi connectivity index (χ1) is 13.4. The van der Waals surface area contributed by atoms with Gasteiger partial charge in [-0.25, -0.2) is 0 Å². The van der Waals surface area contributed by atoms with E-state index < -0.39 is 11.9 Å². The first kappa shape index (κ1) is 17.9. The minimum atomic E-state index is -0.650. The molecule has 2 N–H and O–H groups in total. The van der Waals surface area contributed by atoms with E-state index in [0.29, 0.717) is 23.2 Å². The van der Waals surface area contributed by atoms with Gasteiger partial charge in [0.15, 0.2) is 0 Å². The van der Waals surface area contributed by atoms with E-state index in [-0.39, 0.29) is 30.7 Å². The molecule has 142 valence electrons. The van der Waals surface area contributed by atoms with Crippen LogP contribution in [0.2, 0.25) is 0 Å². The van der Waals surface area contributed by atoms with Crippen LogP contribution in [-0.4, -0.2) is 34.6 Å². The molecule has 0 spiro atoms. The predicted molar refractivity (Wildman–Crippen MR) is 102 cm³/mol. The van der Waals surface area contributed by atoms with Crippen molar-refractivity contribution in [1.82, 2.24) is 10.2 Å². The minimum absolute atomic E-state index is 0.217. The molecule has 1 atom stereocenters. The molecular weight excluding hydrogens is 358 g/mol. The van der Waals surface area contributed by atoms with Gasteiger partial charge in [-0.2, -0.15) is 0 Å². The van der Waals surface area contributed by atoms with Crippen molar-refractivity contribution in [2.75, 3.05) is 5.32 Å². The average molecular weight is 377 g/mol. The maximum atomic E-state index is 12.7. The third-order valence-corrected chi connectivity index (χ3v) is 5.10. The second-order valence-corrected chi connectivity index (χ2v) is 7.09. The number of carbonyl (C=O) groups excluding carboxylic acids is 4. The molecule has 7 nitrogen and oxygen atoms in total. The number of amides is 4. The molecular formula is C21H19N3O4. The van der Waals surface area contributed by atoms with Gasteiger partial charge in [0.25, 0.3) is 11.8 Å². The zero-order valence-corrected chi connectivity index (χ0v) is 15.3. The first-order valence-corrected chi connectivity index (χ1v) is 9.08. The van der Waals surface area contributed by atoms with Crippen molar-refractivity contribution in [3.63, 3.8) is 0 Å². The van der Waals surface area contributed by atoms with E-state index in [1.165, 1.54) is 4.90 Å². The lowest BCUT2D eigenvalue weighted by Gasteiger charge is -2.29. The van der Waals surface area contributed by atoms with Gasteiger partial charge in [0, 0.05) is 29.8 Å². The summed E-state index contributed by atoms with van der Waals surface area (Å²) >= 11 is 0. The van der Waals surface area contributed by atoms with Gasteiger partial charge >= 0.3 is 0 Å². The highest BCUT2D eigenvalue weighted by molar-refractivity contribution is 6.07. The van der Waals surface area contributed by atoms with Crippen LogP contribution >= 0.6 is 0 Å². The fraction of sp³-hybridized carbons (Fsp3) is 0.238. The molecule has 1 fully saturated rings. The highest BCUT2D eigenvalue weighted by atomic mass is 16.2. The largest absolute Gasteiger partial charge is 0.322 e. The standard InChI is InChI=1S/C21H19N3O4/c1-12-2-4-13(5-3-12)19(26)22-15-6-7-16-14(10-15)11-24(21(16)28)17-8-9-18(25)23-20(17)27/h2-7,10,17H,8-9,11H2,1H3,(H,22,26)(H,23,25,27).